The predicted octanol–water partition coefficient (Wildman–Crippen LogP) is 1.29. The van der Waals surface area contributed by atoms with Crippen LogP contribution in [-0.4, -0.2) is 53.3 Å². The Hall–Kier alpha value is -2.14. The van der Waals surface area contributed by atoms with E-state index in [9.17, 15) is 4.79 Å². The first-order valence-electron chi connectivity index (χ1n) is 8.51. The second-order valence-corrected chi connectivity index (χ2v) is 6.22. The monoisotopic (exact) mass is 484 g/mol. The summed E-state index contributed by atoms with van der Waals surface area (Å²) in [5.74, 6) is 0.371. The van der Waals surface area contributed by atoms with Crippen molar-refractivity contribution in [3.05, 3.63) is 53.3 Å². The molecule has 3 N–H and O–H groups in total. The van der Waals surface area contributed by atoms with E-state index < -0.39 is 5.91 Å². The third kappa shape index (κ3) is 5.42. The molecule has 1 aromatic heterocycles. The Morgan fingerprint density at radius 1 is 1.48 bits per heavy atom. The van der Waals surface area contributed by atoms with E-state index in [-0.39, 0.29) is 30.1 Å². The number of ether oxygens (including phenoxy) is 1. The Bertz CT molecular complexity index is 807. The number of carbonyl (C=O) groups excluding carboxylic acids is 1. The van der Waals surface area contributed by atoms with Gasteiger partial charge in [0.15, 0.2) is 5.96 Å². The molecule has 1 fully saturated rings. The maximum Gasteiger partial charge on any atom is 0.248 e. The number of primary amides is 1. The van der Waals surface area contributed by atoms with Crippen LogP contribution in [0.5, 0.6) is 0 Å². The van der Waals surface area contributed by atoms with Gasteiger partial charge in [0.2, 0.25) is 5.91 Å². The van der Waals surface area contributed by atoms with Gasteiger partial charge < -0.3 is 20.7 Å². The zero-order chi connectivity index (χ0) is 18.5. The first-order chi connectivity index (χ1) is 12.6. The van der Waals surface area contributed by atoms with Crippen LogP contribution in [0.3, 0.4) is 0 Å². The molecule has 0 spiro atoms. The van der Waals surface area contributed by atoms with E-state index in [1.807, 2.05) is 31.6 Å². The lowest BCUT2D eigenvalue weighted by molar-refractivity contribution is -0.00805. The van der Waals surface area contributed by atoms with Gasteiger partial charge in [0.1, 0.15) is 6.10 Å². The van der Waals surface area contributed by atoms with Crippen LogP contribution in [-0.2, 0) is 18.3 Å². The van der Waals surface area contributed by atoms with Crippen LogP contribution in [0.1, 0.15) is 27.6 Å². The summed E-state index contributed by atoms with van der Waals surface area (Å²) in [5.41, 5.74) is 7.87. The molecule has 0 bridgehead atoms. The number of aliphatic imine (C=N–C) groups is 1. The van der Waals surface area contributed by atoms with Gasteiger partial charge in [-0.3, -0.25) is 14.5 Å². The minimum absolute atomic E-state index is 0. The molecule has 1 aromatic carbocycles. The van der Waals surface area contributed by atoms with E-state index in [0.717, 1.165) is 23.6 Å². The number of morpholine rings is 1. The second-order valence-electron chi connectivity index (χ2n) is 6.22. The molecule has 1 atom stereocenters. The highest BCUT2D eigenvalue weighted by Gasteiger charge is 2.25. The molecular weight excluding hydrogens is 459 g/mol. The van der Waals surface area contributed by atoms with Crippen molar-refractivity contribution in [3.63, 3.8) is 0 Å². The Morgan fingerprint density at radius 2 is 2.30 bits per heavy atom. The molecule has 2 heterocycles. The summed E-state index contributed by atoms with van der Waals surface area (Å²) in [4.78, 5) is 17.9. The molecule has 1 amide bonds. The van der Waals surface area contributed by atoms with E-state index in [4.69, 9.17) is 10.5 Å². The highest BCUT2D eigenvalue weighted by Crippen LogP contribution is 2.21. The molecule has 8 nitrogen and oxygen atoms in total. The molecule has 1 aliphatic rings. The lowest BCUT2D eigenvalue weighted by Crippen LogP contribution is -2.47. The second kappa shape index (κ2) is 9.70. The highest BCUT2D eigenvalue weighted by molar-refractivity contribution is 14.0. The summed E-state index contributed by atoms with van der Waals surface area (Å²) >= 11 is 0. The van der Waals surface area contributed by atoms with Crippen LogP contribution < -0.4 is 11.1 Å². The van der Waals surface area contributed by atoms with Crippen molar-refractivity contribution in [1.29, 1.82) is 0 Å². The van der Waals surface area contributed by atoms with E-state index in [0.29, 0.717) is 25.3 Å². The summed E-state index contributed by atoms with van der Waals surface area (Å²) in [5, 5.41) is 7.56. The lowest BCUT2D eigenvalue weighted by atomic mass is 10.1. The van der Waals surface area contributed by atoms with Gasteiger partial charge in [0.25, 0.3) is 0 Å². The fourth-order valence-corrected chi connectivity index (χ4v) is 3.00. The minimum Gasteiger partial charge on any atom is -0.370 e. The van der Waals surface area contributed by atoms with Gasteiger partial charge in [0, 0.05) is 44.5 Å². The number of rotatable bonds is 4. The summed E-state index contributed by atoms with van der Waals surface area (Å²) in [6, 6.07) is 7.28. The first kappa shape index (κ1) is 21.2. The molecule has 0 aliphatic carbocycles. The maximum absolute atomic E-state index is 11.3. The Balaban J connectivity index is 0.00000261. The number of aryl methyl sites for hydroxylation is 1. The third-order valence-electron chi connectivity index (χ3n) is 4.34. The van der Waals surface area contributed by atoms with Gasteiger partial charge in [-0.1, -0.05) is 12.1 Å². The molecule has 9 heteroatoms. The number of hydrogen-bond donors (Lipinski definition) is 2. The molecule has 1 unspecified atom stereocenters. The number of amides is 1. The number of nitrogens with two attached hydrogens (primary N) is 1. The van der Waals surface area contributed by atoms with Crippen LogP contribution in [0.15, 0.2) is 41.7 Å². The molecule has 146 valence electrons. The third-order valence-corrected chi connectivity index (χ3v) is 4.34. The Morgan fingerprint density at radius 3 is 2.96 bits per heavy atom. The largest absolute Gasteiger partial charge is 0.370 e. The number of aromatic nitrogens is 2. The zero-order valence-corrected chi connectivity index (χ0v) is 17.8. The predicted molar refractivity (Wildman–Crippen MR) is 114 cm³/mol. The summed E-state index contributed by atoms with van der Waals surface area (Å²) in [6.07, 6.45) is 3.77. The zero-order valence-electron chi connectivity index (χ0n) is 15.5. The van der Waals surface area contributed by atoms with Gasteiger partial charge in [0.05, 0.1) is 19.3 Å². The molecule has 0 radical (unpaired) electrons. The average molecular weight is 484 g/mol. The molecule has 1 aliphatic heterocycles. The Labute approximate surface area is 175 Å². The van der Waals surface area contributed by atoms with Crippen LogP contribution >= 0.6 is 24.0 Å². The van der Waals surface area contributed by atoms with Crippen molar-refractivity contribution in [2.24, 2.45) is 17.8 Å². The first-order valence-corrected chi connectivity index (χ1v) is 8.51. The molecule has 2 aromatic rings. The summed E-state index contributed by atoms with van der Waals surface area (Å²) in [7, 11) is 3.65. The topological polar surface area (TPSA) is 97.8 Å². The summed E-state index contributed by atoms with van der Waals surface area (Å²) in [6.45, 7) is 2.64. The standard InChI is InChI=1S/C18H24N6O2.HI/c1-20-18(21-9-13-4-3-5-14(8-13)17(19)25)24-6-7-26-16(12-24)15-10-22-23(2)11-15;/h3-5,8,10-11,16H,6-7,9,12H2,1-2H3,(H2,19,25)(H,20,21);1H. The van der Waals surface area contributed by atoms with Gasteiger partial charge >= 0.3 is 0 Å². The van der Waals surface area contributed by atoms with E-state index in [1.54, 1.807) is 23.9 Å². The van der Waals surface area contributed by atoms with E-state index >= 15 is 0 Å². The average Bonchev–Trinajstić information content (AvgIpc) is 3.09. The van der Waals surface area contributed by atoms with Gasteiger partial charge in [-0.25, -0.2) is 0 Å². The molecule has 27 heavy (non-hydrogen) atoms. The number of nitrogens with one attached hydrogen (secondary N) is 1. The van der Waals surface area contributed by atoms with Gasteiger partial charge in [-0.15, -0.1) is 24.0 Å². The normalized spacial score (nSPS) is 17.3. The quantitative estimate of drug-likeness (QED) is 0.387. The van der Waals surface area contributed by atoms with Gasteiger partial charge in [-0.05, 0) is 17.7 Å². The number of hydrogen-bond acceptors (Lipinski definition) is 4. The van der Waals surface area contributed by atoms with Gasteiger partial charge in [-0.2, -0.15) is 5.10 Å². The fraction of sp³-hybridized carbons (Fsp3) is 0.389. The van der Waals surface area contributed by atoms with Crippen LogP contribution in [0.2, 0.25) is 0 Å². The summed E-state index contributed by atoms with van der Waals surface area (Å²) < 4.78 is 7.65. The van der Waals surface area contributed by atoms with Crippen molar-refractivity contribution in [1.82, 2.24) is 20.0 Å². The smallest absolute Gasteiger partial charge is 0.248 e. The fourth-order valence-electron chi connectivity index (χ4n) is 3.00. The van der Waals surface area contributed by atoms with Crippen molar-refractivity contribution in [2.75, 3.05) is 26.7 Å². The molecule has 3 rings (SSSR count). The minimum atomic E-state index is -0.427. The number of nitrogens with zero attached hydrogens (tertiary/aromatic N) is 4. The number of benzene rings is 1. The number of carbonyl (C=O) groups is 1. The lowest BCUT2D eigenvalue weighted by Gasteiger charge is -2.34. The molecule has 0 saturated carbocycles. The molecular formula is C18H25IN6O2. The van der Waals surface area contributed by atoms with E-state index in [2.05, 4.69) is 20.3 Å². The van der Waals surface area contributed by atoms with Crippen LogP contribution in [0.25, 0.3) is 0 Å². The van der Waals surface area contributed by atoms with Crippen LogP contribution in [0, 0.1) is 0 Å². The van der Waals surface area contributed by atoms with Crippen molar-refractivity contribution in [3.8, 4) is 0 Å². The van der Waals surface area contributed by atoms with Crippen molar-refractivity contribution >= 4 is 35.8 Å². The van der Waals surface area contributed by atoms with Crippen molar-refractivity contribution < 1.29 is 9.53 Å². The SMILES string of the molecule is CN=C(NCc1cccc(C(N)=O)c1)N1CCOC(c2cnn(C)c2)C1.I. The maximum atomic E-state index is 11.3. The number of halogens is 1. The number of guanidine groups is 1. The molecule has 1 saturated heterocycles. The van der Waals surface area contributed by atoms with Crippen LogP contribution in [0.4, 0.5) is 0 Å². The van der Waals surface area contributed by atoms with E-state index in [1.165, 1.54) is 0 Å². The Kier molecular flexibility index (Phi) is 7.60. The highest BCUT2D eigenvalue weighted by atomic mass is 127. The van der Waals surface area contributed by atoms with Crippen molar-refractivity contribution in [2.45, 2.75) is 12.6 Å².